The Bertz CT molecular complexity index is 767. The third-order valence-electron chi connectivity index (χ3n) is 5.80. The number of fused-ring (bicyclic) bond motifs is 1. The Hall–Kier alpha value is -2.28. The average molecular weight is 358 g/mol. The Morgan fingerprint density at radius 2 is 2.00 bits per heavy atom. The van der Waals surface area contributed by atoms with Crippen molar-refractivity contribution in [3.63, 3.8) is 0 Å². The van der Waals surface area contributed by atoms with Gasteiger partial charge in [0, 0.05) is 19.5 Å². The molecule has 4 atom stereocenters. The molecule has 1 saturated heterocycles. The van der Waals surface area contributed by atoms with Gasteiger partial charge in [0.2, 0.25) is 5.91 Å². The minimum atomic E-state index is -0.466. The Morgan fingerprint density at radius 3 is 2.73 bits per heavy atom. The molecule has 2 fully saturated rings. The highest BCUT2D eigenvalue weighted by Crippen LogP contribution is 2.41. The number of carbonyl (C=O) groups is 1. The molecule has 138 valence electrons. The Morgan fingerprint density at radius 1 is 1.23 bits per heavy atom. The van der Waals surface area contributed by atoms with E-state index in [9.17, 15) is 14.3 Å². The molecule has 1 aromatic carbocycles. The second-order valence-electron chi connectivity index (χ2n) is 7.39. The summed E-state index contributed by atoms with van der Waals surface area (Å²) in [6, 6.07) is 6.52. The van der Waals surface area contributed by atoms with Gasteiger partial charge < -0.3 is 10.0 Å². The molecule has 4 rings (SSSR count). The van der Waals surface area contributed by atoms with Crippen molar-refractivity contribution >= 4 is 5.91 Å². The van der Waals surface area contributed by atoms with Crippen molar-refractivity contribution in [2.75, 3.05) is 13.1 Å². The van der Waals surface area contributed by atoms with Crippen molar-refractivity contribution in [1.29, 1.82) is 0 Å². The summed E-state index contributed by atoms with van der Waals surface area (Å²) in [6.45, 7) is 1.39. The van der Waals surface area contributed by atoms with Gasteiger partial charge in [-0.1, -0.05) is 18.2 Å². The summed E-state index contributed by atoms with van der Waals surface area (Å²) in [6.07, 6.45) is 4.86. The Kier molecular flexibility index (Phi) is 4.72. The van der Waals surface area contributed by atoms with Crippen LogP contribution < -0.4 is 0 Å². The van der Waals surface area contributed by atoms with Crippen LogP contribution in [0.3, 0.4) is 0 Å². The average Bonchev–Trinajstić information content (AvgIpc) is 3.29. The molecule has 0 radical (unpaired) electrons. The maximum absolute atomic E-state index is 13.7. The lowest BCUT2D eigenvalue weighted by molar-refractivity contribution is -0.130. The van der Waals surface area contributed by atoms with Crippen LogP contribution in [0.1, 0.15) is 30.9 Å². The van der Waals surface area contributed by atoms with Crippen molar-refractivity contribution < 1.29 is 14.3 Å². The third-order valence-corrected chi connectivity index (χ3v) is 5.80. The maximum Gasteiger partial charge on any atom is 0.222 e. The van der Waals surface area contributed by atoms with E-state index in [1.54, 1.807) is 29.2 Å². The molecule has 1 aromatic heterocycles. The lowest BCUT2D eigenvalue weighted by Crippen LogP contribution is -2.36. The van der Waals surface area contributed by atoms with Gasteiger partial charge in [0.05, 0.1) is 12.1 Å². The van der Waals surface area contributed by atoms with Gasteiger partial charge in [-0.15, -0.1) is 0 Å². The van der Waals surface area contributed by atoms with Crippen molar-refractivity contribution in [2.45, 2.75) is 37.8 Å². The molecule has 7 heteroatoms. The van der Waals surface area contributed by atoms with E-state index in [0.717, 1.165) is 6.42 Å². The number of carbonyl (C=O) groups excluding carboxylic acids is 1. The number of amides is 1. The van der Waals surface area contributed by atoms with Gasteiger partial charge in [0.25, 0.3) is 0 Å². The molecule has 0 unspecified atom stereocenters. The number of aryl methyl sites for hydroxylation is 1. The third kappa shape index (κ3) is 3.35. The molecule has 26 heavy (non-hydrogen) atoms. The van der Waals surface area contributed by atoms with Crippen molar-refractivity contribution in [3.05, 3.63) is 48.3 Å². The number of likely N-dealkylation sites (tertiary alicyclic amines) is 1. The van der Waals surface area contributed by atoms with Crippen LogP contribution in [0.15, 0.2) is 36.9 Å². The lowest BCUT2D eigenvalue weighted by Gasteiger charge is -2.34. The zero-order chi connectivity index (χ0) is 18.1. The highest BCUT2D eigenvalue weighted by Gasteiger charge is 2.43. The fourth-order valence-corrected chi connectivity index (χ4v) is 4.38. The fraction of sp³-hybridized carbons (Fsp3) is 0.526. The molecule has 1 amide bonds. The number of aliphatic hydroxyl groups excluding tert-OH is 1. The number of rotatable bonds is 4. The molecule has 2 aromatic rings. The van der Waals surface area contributed by atoms with Crippen molar-refractivity contribution in [1.82, 2.24) is 19.7 Å². The lowest BCUT2D eigenvalue weighted by atomic mass is 9.77. The number of aromatic nitrogens is 3. The first-order valence-corrected chi connectivity index (χ1v) is 9.15. The van der Waals surface area contributed by atoms with Crippen LogP contribution in [0.4, 0.5) is 4.39 Å². The summed E-state index contributed by atoms with van der Waals surface area (Å²) in [5.74, 6) is 0.496. The van der Waals surface area contributed by atoms with Crippen LogP contribution in [0.2, 0.25) is 0 Å². The zero-order valence-corrected chi connectivity index (χ0v) is 14.5. The molecule has 0 bridgehead atoms. The van der Waals surface area contributed by atoms with Gasteiger partial charge in [0.15, 0.2) is 0 Å². The van der Waals surface area contributed by atoms with Crippen LogP contribution in [0.25, 0.3) is 0 Å². The number of hydrogen-bond donors (Lipinski definition) is 1. The van der Waals surface area contributed by atoms with Crippen molar-refractivity contribution in [3.8, 4) is 0 Å². The molecular formula is C19H23FN4O2. The topological polar surface area (TPSA) is 71.2 Å². The summed E-state index contributed by atoms with van der Waals surface area (Å²) >= 11 is 0. The number of benzene rings is 1. The molecule has 1 aliphatic heterocycles. The predicted molar refractivity (Wildman–Crippen MR) is 92.6 cm³/mol. The minimum absolute atomic E-state index is 0.0643. The van der Waals surface area contributed by atoms with Gasteiger partial charge in [-0.2, -0.15) is 5.10 Å². The van der Waals surface area contributed by atoms with E-state index in [2.05, 4.69) is 10.1 Å². The largest absolute Gasteiger partial charge is 0.391 e. The predicted octanol–water partition coefficient (Wildman–Crippen LogP) is 1.82. The molecule has 6 nitrogen and oxygen atoms in total. The number of hydrogen-bond acceptors (Lipinski definition) is 4. The first-order chi connectivity index (χ1) is 12.6. The van der Waals surface area contributed by atoms with E-state index >= 15 is 0 Å². The highest BCUT2D eigenvalue weighted by molar-refractivity contribution is 5.76. The number of aliphatic hydroxyl groups is 1. The normalized spacial score (nSPS) is 28.2. The van der Waals surface area contributed by atoms with E-state index in [0.29, 0.717) is 49.8 Å². The van der Waals surface area contributed by atoms with Gasteiger partial charge in [0.1, 0.15) is 18.5 Å². The molecule has 2 aliphatic rings. The minimum Gasteiger partial charge on any atom is -0.391 e. The molecule has 2 heterocycles. The molecule has 1 N–H and O–H groups in total. The van der Waals surface area contributed by atoms with Crippen molar-refractivity contribution in [2.24, 2.45) is 11.8 Å². The van der Waals surface area contributed by atoms with Crippen LogP contribution in [0, 0.1) is 17.7 Å². The van der Waals surface area contributed by atoms with E-state index in [-0.39, 0.29) is 17.8 Å². The van der Waals surface area contributed by atoms with Crippen LogP contribution in [0.5, 0.6) is 0 Å². The van der Waals surface area contributed by atoms with Gasteiger partial charge in [-0.05, 0) is 42.7 Å². The summed E-state index contributed by atoms with van der Waals surface area (Å²) in [4.78, 5) is 18.4. The van der Waals surface area contributed by atoms with Crippen LogP contribution >= 0.6 is 0 Å². The summed E-state index contributed by atoms with van der Waals surface area (Å²) in [7, 11) is 0. The fourth-order valence-electron chi connectivity index (χ4n) is 4.38. The summed E-state index contributed by atoms with van der Waals surface area (Å²) in [5, 5.41) is 14.6. The van der Waals surface area contributed by atoms with Gasteiger partial charge in [-0.25, -0.2) is 14.1 Å². The zero-order valence-electron chi connectivity index (χ0n) is 14.5. The number of nitrogens with zero attached hydrogens (tertiary/aromatic N) is 4. The molecule has 1 saturated carbocycles. The first kappa shape index (κ1) is 17.1. The smallest absolute Gasteiger partial charge is 0.222 e. The highest BCUT2D eigenvalue weighted by atomic mass is 19.1. The second kappa shape index (κ2) is 7.15. The van der Waals surface area contributed by atoms with E-state index in [1.807, 2.05) is 4.90 Å². The maximum atomic E-state index is 13.7. The first-order valence-electron chi connectivity index (χ1n) is 9.15. The van der Waals surface area contributed by atoms with E-state index < -0.39 is 6.10 Å². The van der Waals surface area contributed by atoms with Crippen LogP contribution in [-0.4, -0.2) is 49.9 Å². The van der Waals surface area contributed by atoms with E-state index in [4.69, 9.17) is 0 Å². The monoisotopic (exact) mass is 358 g/mol. The van der Waals surface area contributed by atoms with E-state index in [1.165, 1.54) is 12.4 Å². The Labute approximate surface area is 151 Å². The summed E-state index contributed by atoms with van der Waals surface area (Å²) in [5.41, 5.74) is 0.583. The molecule has 1 aliphatic carbocycles. The quantitative estimate of drug-likeness (QED) is 0.905. The van der Waals surface area contributed by atoms with Crippen LogP contribution in [-0.2, 0) is 11.2 Å². The summed E-state index contributed by atoms with van der Waals surface area (Å²) < 4.78 is 15.4. The second-order valence-corrected chi connectivity index (χ2v) is 7.39. The molecular weight excluding hydrogens is 335 g/mol. The molecule has 0 spiro atoms. The SMILES string of the molecule is O=C(CCc1ccccc1F)N1C[C@H]2C[C@@H](n3cncn3)[C@H](O)C[C@H]2C1. The van der Waals surface area contributed by atoms with Gasteiger partial charge in [-0.3, -0.25) is 4.79 Å². The standard InChI is InChI=1S/C19H23FN4O2/c20-16-4-2-1-3-13(16)5-6-19(26)23-9-14-7-17(24-12-21-11-22-24)18(25)8-15(14)10-23/h1-4,11-12,14-15,17-18,25H,5-10H2/t14-,15+,17-,18-/m1/s1. The Balaban J connectivity index is 1.36. The van der Waals surface area contributed by atoms with Gasteiger partial charge >= 0.3 is 0 Å². The number of halogens is 1.